The van der Waals surface area contributed by atoms with Gasteiger partial charge in [-0.05, 0) is 55.5 Å². The van der Waals surface area contributed by atoms with Crippen molar-refractivity contribution in [1.82, 2.24) is 24.8 Å². The summed E-state index contributed by atoms with van der Waals surface area (Å²) in [5, 5.41) is 11.9. The van der Waals surface area contributed by atoms with Crippen molar-refractivity contribution in [3.63, 3.8) is 0 Å². The van der Waals surface area contributed by atoms with Crippen LogP contribution in [0.15, 0.2) is 35.5 Å². The molecular formula is C19H22FN5O2S. The van der Waals surface area contributed by atoms with Gasteiger partial charge in [-0.1, -0.05) is 17.8 Å². The summed E-state index contributed by atoms with van der Waals surface area (Å²) in [6.45, 7) is 6.54. The van der Waals surface area contributed by atoms with Gasteiger partial charge in [0.1, 0.15) is 5.82 Å². The van der Waals surface area contributed by atoms with E-state index in [4.69, 9.17) is 4.74 Å². The van der Waals surface area contributed by atoms with Gasteiger partial charge in [-0.3, -0.25) is 4.79 Å². The number of ketones is 1. The van der Waals surface area contributed by atoms with E-state index >= 15 is 0 Å². The van der Waals surface area contributed by atoms with Crippen LogP contribution in [0.2, 0.25) is 0 Å². The quantitative estimate of drug-likeness (QED) is 0.424. The Morgan fingerprint density at radius 2 is 2.11 bits per heavy atom. The number of tetrazole rings is 1. The minimum absolute atomic E-state index is 0.0113. The lowest BCUT2D eigenvalue weighted by atomic mass is 10.2. The van der Waals surface area contributed by atoms with Crippen LogP contribution in [0.5, 0.6) is 0 Å². The molecule has 0 spiro atoms. The summed E-state index contributed by atoms with van der Waals surface area (Å²) in [6, 6.07) is 8.02. The average Bonchev–Trinajstić information content (AvgIpc) is 3.24. The third kappa shape index (κ3) is 4.15. The van der Waals surface area contributed by atoms with Gasteiger partial charge in [-0.15, -0.1) is 5.10 Å². The molecule has 1 aromatic carbocycles. The summed E-state index contributed by atoms with van der Waals surface area (Å²) < 4.78 is 22.2. The number of thioether (sulfide) groups is 1. The Morgan fingerprint density at radius 1 is 1.32 bits per heavy atom. The number of halogens is 1. The van der Waals surface area contributed by atoms with Gasteiger partial charge in [0.15, 0.2) is 5.78 Å². The first-order valence-corrected chi connectivity index (χ1v) is 9.78. The topological polar surface area (TPSA) is 74.8 Å². The third-order valence-corrected chi connectivity index (χ3v) is 5.38. The van der Waals surface area contributed by atoms with Crippen LogP contribution in [-0.2, 0) is 4.74 Å². The second-order valence-corrected chi connectivity index (χ2v) is 7.47. The van der Waals surface area contributed by atoms with E-state index in [1.54, 1.807) is 19.2 Å². The monoisotopic (exact) mass is 403 g/mol. The summed E-state index contributed by atoms with van der Waals surface area (Å²) in [6.07, 6.45) is 0. The highest BCUT2D eigenvalue weighted by Gasteiger charge is 2.20. The van der Waals surface area contributed by atoms with Gasteiger partial charge in [0, 0.05) is 24.1 Å². The molecule has 9 heteroatoms. The van der Waals surface area contributed by atoms with E-state index < -0.39 is 0 Å². The number of hydrogen-bond acceptors (Lipinski definition) is 6. The molecule has 2 heterocycles. The van der Waals surface area contributed by atoms with Crippen molar-refractivity contribution >= 4 is 17.5 Å². The van der Waals surface area contributed by atoms with Crippen LogP contribution >= 0.6 is 11.8 Å². The van der Waals surface area contributed by atoms with Crippen LogP contribution in [0.25, 0.3) is 5.69 Å². The van der Waals surface area contributed by atoms with Crippen molar-refractivity contribution in [3.05, 3.63) is 53.1 Å². The molecule has 1 atom stereocenters. The van der Waals surface area contributed by atoms with Gasteiger partial charge in [-0.25, -0.2) is 4.39 Å². The number of hydrogen-bond donors (Lipinski definition) is 0. The Kier molecular flexibility index (Phi) is 6.25. The molecule has 3 aromatic rings. The predicted molar refractivity (Wildman–Crippen MR) is 105 cm³/mol. The summed E-state index contributed by atoms with van der Waals surface area (Å²) in [7, 11) is 1.66. The first kappa shape index (κ1) is 20.2. The molecular weight excluding hydrogens is 381 g/mol. The van der Waals surface area contributed by atoms with Crippen molar-refractivity contribution in [1.29, 1.82) is 0 Å². The zero-order chi connectivity index (χ0) is 20.3. The van der Waals surface area contributed by atoms with Crippen LogP contribution in [0.4, 0.5) is 4.39 Å². The van der Waals surface area contributed by atoms with Gasteiger partial charge in [0.05, 0.1) is 24.1 Å². The second-order valence-electron chi connectivity index (χ2n) is 6.52. The molecule has 0 fully saturated rings. The summed E-state index contributed by atoms with van der Waals surface area (Å²) in [5.41, 5.74) is 3.11. The number of rotatable bonds is 8. The van der Waals surface area contributed by atoms with Crippen LogP contribution in [-0.4, -0.2) is 50.0 Å². The second kappa shape index (κ2) is 8.66. The van der Waals surface area contributed by atoms with Crippen molar-refractivity contribution in [2.75, 3.05) is 19.5 Å². The average molecular weight is 403 g/mol. The van der Waals surface area contributed by atoms with Crippen molar-refractivity contribution in [2.45, 2.75) is 32.0 Å². The molecule has 0 N–H and O–H groups in total. The summed E-state index contributed by atoms with van der Waals surface area (Å²) in [5.74, 6) is -0.209. The summed E-state index contributed by atoms with van der Waals surface area (Å²) >= 11 is 1.22. The third-order valence-electron chi connectivity index (χ3n) is 4.46. The molecule has 0 saturated carbocycles. The fraction of sp³-hybridized carbons (Fsp3) is 0.368. The smallest absolute Gasteiger partial charge is 0.214 e. The molecule has 0 bridgehead atoms. The molecule has 3 rings (SSSR count). The normalized spacial score (nSPS) is 12.3. The number of nitrogens with zero attached hydrogens (tertiary/aromatic N) is 5. The lowest BCUT2D eigenvalue weighted by Gasteiger charge is -2.17. The first-order chi connectivity index (χ1) is 13.4. The number of methoxy groups -OCH3 is 1. The summed E-state index contributed by atoms with van der Waals surface area (Å²) in [4.78, 5) is 12.8. The molecule has 0 amide bonds. The number of aryl methyl sites for hydroxylation is 1. The number of carbonyl (C=O) groups excluding carboxylic acids is 1. The van der Waals surface area contributed by atoms with E-state index in [-0.39, 0.29) is 23.4 Å². The highest BCUT2D eigenvalue weighted by molar-refractivity contribution is 7.99. The van der Waals surface area contributed by atoms with E-state index in [1.165, 1.54) is 28.6 Å². The highest BCUT2D eigenvalue weighted by Crippen LogP contribution is 2.24. The fourth-order valence-electron chi connectivity index (χ4n) is 3.30. The maximum Gasteiger partial charge on any atom is 0.214 e. The van der Waals surface area contributed by atoms with E-state index in [2.05, 4.69) is 27.0 Å². The number of benzene rings is 1. The Bertz CT molecular complexity index is 985. The van der Waals surface area contributed by atoms with Gasteiger partial charge in [-0.2, -0.15) is 4.68 Å². The molecule has 0 aliphatic carbocycles. The van der Waals surface area contributed by atoms with Gasteiger partial charge < -0.3 is 9.30 Å². The fourth-order valence-corrected chi connectivity index (χ4v) is 4.07. The lowest BCUT2D eigenvalue weighted by molar-refractivity contribution is 0.102. The number of Topliss-reactive ketones (excluding diaryl/α,β-unsaturated/α-hetero) is 1. The molecule has 2 aromatic heterocycles. The highest BCUT2D eigenvalue weighted by atomic mass is 32.2. The minimum Gasteiger partial charge on any atom is -0.383 e. The van der Waals surface area contributed by atoms with Crippen LogP contribution in [0, 0.1) is 19.7 Å². The number of carbonyl (C=O) groups is 1. The Labute approximate surface area is 166 Å². The van der Waals surface area contributed by atoms with Crippen LogP contribution in [0.1, 0.15) is 34.7 Å². The largest absolute Gasteiger partial charge is 0.383 e. The molecule has 0 saturated heterocycles. The Hall–Kier alpha value is -2.52. The maximum atomic E-state index is 13.5. The Balaban J connectivity index is 1.76. The molecule has 148 valence electrons. The van der Waals surface area contributed by atoms with Crippen LogP contribution < -0.4 is 0 Å². The van der Waals surface area contributed by atoms with Crippen molar-refractivity contribution in [2.24, 2.45) is 0 Å². The SMILES string of the molecule is COCC(C)n1c(C)cc(C(=O)CSc2nnnn2-c2cccc(F)c2)c1C. The lowest BCUT2D eigenvalue weighted by Crippen LogP contribution is -2.14. The number of aromatic nitrogens is 5. The molecule has 0 aliphatic rings. The molecule has 0 aliphatic heterocycles. The van der Waals surface area contributed by atoms with Crippen LogP contribution in [0.3, 0.4) is 0 Å². The maximum absolute atomic E-state index is 13.5. The Morgan fingerprint density at radius 3 is 2.82 bits per heavy atom. The minimum atomic E-state index is -0.377. The molecule has 0 radical (unpaired) electrons. The van der Waals surface area contributed by atoms with E-state index in [9.17, 15) is 9.18 Å². The molecule has 1 unspecified atom stereocenters. The van der Waals surface area contributed by atoms with Crippen molar-refractivity contribution in [3.8, 4) is 5.69 Å². The van der Waals surface area contributed by atoms with E-state index in [1.807, 2.05) is 19.9 Å². The van der Waals surface area contributed by atoms with E-state index in [0.29, 0.717) is 23.0 Å². The van der Waals surface area contributed by atoms with Crippen molar-refractivity contribution < 1.29 is 13.9 Å². The first-order valence-electron chi connectivity index (χ1n) is 8.80. The molecule has 7 nitrogen and oxygen atoms in total. The number of ether oxygens (including phenoxy) is 1. The zero-order valence-electron chi connectivity index (χ0n) is 16.2. The zero-order valence-corrected chi connectivity index (χ0v) is 17.0. The van der Waals surface area contributed by atoms with Gasteiger partial charge in [0.25, 0.3) is 0 Å². The molecule has 28 heavy (non-hydrogen) atoms. The standard InChI is InChI=1S/C19H22FN5O2S/c1-12-8-17(14(3)24(12)13(2)10-27-4)18(26)11-28-19-21-22-23-25(19)16-7-5-6-15(20)9-16/h5-9,13H,10-11H2,1-4H3. The predicted octanol–water partition coefficient (Wildman–Crippen LogP) is 3.40. The van der Waals surface area contributed by atoms with Gasteiger partial charge >= 0.3 is 0 Å². The van der Waals surface area contributed by atoms with E-state index in [0.717, 1.165) is 11.4 Å². The van der Waals surface area contributed by atoms with Gasteiger partial charge in [0.2, 0.25) is 5.16 Å².